The third-order valence-corrected chi connectivity index (χ3v) is 2.31. The van der Waals surface area contributed by atoms with Gasteiger partial charge in [0.25, 0.3) is 0 Å². The van der Waals surface area contributed by atoms with Crippen molar-refractivity contribution in [3.63, 3.8) is 0 Å². The first-order chi connectivity index (χ1) is 5.22. The first kappa shape index (κ1) is 8.55. The topological polar surface area (TPSA) is 51.3 Å². The summed E-state index contributed by atoms with van der Waals surface area (Å²) in [6.45, 7) is 1.94. The van der Waals surface area contributed by atoms with E-state index in [-0.39, 0.29) is 0 Å². The Kier molecular flexibility index (Phi) is 2.90. The smallest absolute Gasteiger partial charge is 0.165 e. The molecule has 0 saturated heterocycles. The van der Waals surface area contributed by atoms with Gasteiger partial charge in [-0.3, -0.25) is 0 Å². The molecule has 0 unspecified atom stereocenters. The minimum Gasteiger partial charge on any atom is -0.378 e. The van der Waals surface area contributed by atoms with Gasteiger partial charge in [0.1, 0.15) is 0 Å². The summed E-state index contributed by atoms with van der Waals surface area (Å²) in [4.78, 5) is 8.19. The van der Waals surface area contributed by atoms with Gasteiger partial charge in [0, 0.05) is 5.38 Å². The summed E-state index contributed by atoms with van der Waals surface area (Å²) in [5, 5.41) is 3.45. The second-order valence-corrected chi connectivity index (χ2v) is 3.77. The molecular weight excluding hydrogens is 178 g/mol. The number of thioether (sulfide) groups is 1. The van der Waals surface area contributed by atoms with Crippen LogP contribution in [0.4, 0.5) is 5.82 Å². The third-order valence-electron chi connectivity index (χ3n) is 1.04. The van der Waals surface area contributed by atoms with Gasteiger partial charge in [-0.05, 0) is 13.2 Å². The summed E-state index contributed by atoms with van der Waals surface area (Å²) >= 11 is 3.00. The number of aromatic nitrogens is 1. The van der Waals surface area contributed by atoms with Gasteiger partial charge < -0.3 is 5.73 Å². The van der Waals surface area contributed by atoms with Crippen LogP contribution in [0.2, 0.25) is 0 Å². The number of nitrogens with two attached hydrogens (primary N) is 1. The second-order valence-electron chi connectivity index (χ2n) is 1.88. The van der Waals surface area contributed by atoms with E-state index in [0.717, 1.165) is 5.01 Å². The summed E-state index contributed by atoms with van der Waals surface area (Å²) in [7, 11) is 0. The normalized spacial score (nSPS) is 12.0. The Labute approximate surface area is 73.7 Å². The lowest BCUT2D eigenvalue weighted by Crippen LogP contribution is -2.04. The van der Waals surface area contributed by atoms with Crippen molar-refractivity contribution in [2.45, 2.75) is 6.92 Å². The number of aliphatic imine (C=N–C) groups is 1. The van der Waals surface area contributed by atoms with Crippen LogP contribution in [-0.2, 0) is 0 Å². The van der Waals surface area contributed by atoms with Crippen molar-refractivity contribution in [1.82, 2.24) is 4.98 Å². The van der Waals surface area contributed by atoms with Gasteiger partial charge in [-0.1, -0.05) is 11.8 Å². The van der Waals surface area contributed by atoms with Crippen LogP contribution in [-0.4, -0.2) is 16.4 Å². The Morgan fingerprint density at radius 1 is 1.82 bits per heavy atom. The Bertz CT molecular complexity index is 267. The number of nitrogens with zero attached hydrogens (tertiary/aromatic N) is 2. The molecule has 3 nitrogen and oxygen atoms in total. The fraction of sp³-hybridized carbons (Fsp3) is 0.333. The number of amidine groups is 1. The maximum atomic E-state index is 5.49. The summed E-state index contributed by atoms with van der Waals surface area (Å²) < 4.78 is 0. The lowest BCUT2D eigenvalue weighted by Gasteiger charge is -1.89. The molecule has 11 heavy (non-hydrogen) atoms. The van der Waals surface area contributed by atoms with Crippen LogP contribution in [0, 0.1) is 6.92 Å². The molecule has 0 fully saturated rings. The lowest BCUT2D eigenvalue weighted by molar-refractivity contribution is 1.26. The third kappa shape index (κ3) is 2.51. The largest absolute Gasteiger partial charge is 0.378 e. The number of aryl methyl sites for hydroxylation is 1. The Morgan fingerprint density at radius 2 is 2.55 bits per heavy atom. The maximum Gasteiger partial charge on any atom is 0.165 e. The highest BCUT2D eigenvalue weighted by Crippen LogP contribution is 2.16. The first-order valence-corrected chi connectivity index (χ1v) is 5.13. The molecule has 0 aliphatic carbocycles. The lowest BCUT2D eigenvalue weighted by atomic mass is 10.8. The zero-order valence-electron chi connectivity index (χ0n) is 6.37. The van der Waals surface area contributed by atoms with Crippen LogP contribution in [0.3, 0.4) is 0 Å². The molecule has 0 amide bonds. The van der Waals surface area contributed by atoms with Crippen molar-refractivity contribution >= 4 is 34.1 Å². The standard InChI is InChI=1S/C6H9N3S2/c1-4-8-5(3-11-4)9-6(7)10-2/h3H,1-2H3,(H2,7,9). The van der Waals surface area contributed by atoms with E-state index in [1.54, 1.807) is 11.3 Å². The molecule has 1 aromatic rings. The van der Waals surface area contributed by atoms with Gasteiger partial charge in [0.2, 0.25) is 0 Å². The first-order valence-electron chi connectivity index (χ1n) is 3.02. The van der Waals surface area contributed by atoms with E-state index in [9.17, 15) is 0 Å². The van der Waals surface area contributed by atoms with Crippen LogP contribution in [0.25, 0.3) is 0 Å². The molecule has 0 aliphatic rings. The zero-order chi connectivity index (χ0) is 8.27. The van der Waals surface area contributed by atoms with Crippen LogP contribution >= 0.6 is 23.1 Å². The van der Waals surface area contributed by atoms with Gasteiger partial charge in [-0.2, -0.15) is 0 Å². The Balaban J connectivity index is 2.78. The van der Waals surface area contributed by atoms with E-state index in [1.165, 1.54) is 11.8 Å². The molecule has 0 saturated carbocycles. The highest BCUT2D eigenvalue weighted by atomic mass is 32.2. The molecule has 1 aromatic heterocycles. The fourth-order valence-electron chi connectivity index (χ4n) is 0.562. The quantitative estimate of drug-likeness (QED) is 0.538. The van der Waals surface area contributed by atoms with Crippen LogP contribution in [0.15, 0.2) is 10.4 Å². The van der Waals surface area contributed by atoms with Crippen LogP contribution < -0.4 is 5.73 Å². The number of hydrogen-bond acceptors (Lipinski definition) is 4. The monoisotopic (exact) mass is 187 g/mol. The average molecular weight is 187 g/mol. The van der Waals surface area contributed by atoms with Crippen molar-refractivity contribution in [2.75, 3.05) is 6.26 Å². The molecule has 0 atom stereocenters. The molecule has 5 heteroatoms. The van der Waals surface area contributed by atoms with E-state index in [4.69, 9.17) is 5.73 Å². The molecule has 0 radical (unpaired) electrons. The van der Waals surface area contributed by atoms with Crippen molar-refractivity contribution in [3.05, 3.63) is 10.4 Å². The number of rotatable bonds is 1. The van der Waals surface area contributed by atoms with E-state index < -0.39 is 0 Å². The van der Waals surface area contributed by atoms with Gasteiger partial charge >= 0.3 is 0 Å². The van der Waals surface area contributed by atoms with Gasteiger partial charge in [-0.15, -0.1) is 11.3 Å². The highest BCUT2D eigenvalue weighted by Gasteiger charge is 1.95. The Morgan fingerprint density at radius 3 is 3.00 bits per heavy atom. The molecule has 0 bridgehead atoms. The van der Waals surface area contributed by atoms with E-state index >= 15 is 0 Å². The van der Waals surface area contributed by atoms with E-state index in [1.807, 2.05) is 18.6 Å². The van der Waals surface area contributed by atoms with Crippen molar-refractivity contribution in [2.24, 2.45) is 10.7 Å². The summed E-state index contributed by atoms with van der Waals surface area (Å²) in [6.07, 6.45) is 1.89. The Hall–Kier alpha value is -0.550. The van der Waals surface area contributed by atoms with E-state index in [0.29, 0.717) is 11.0 Å². The number of hydrogen-bond donors (Lipinski definition) is 1. The highest BCUT2D eigenvalue weighted by molar-refractivity contribution is 8.13. The SMILES string of the molecule is CSC(N)=Nc1csc(C)n1. The van der Waals surface area contributed by atoms with E-state index in [2.05, 4.69) is 9.98 Å². The average Bonchev–Trinajstić information content (AvgIpc) is 2.35. The van der Waals surface area contributed by atoms with Gasteiger partial charge in [0.15, 0.2) is 11.0 Å². The molecule has 2 N–H and O–H groups in total. The van der Waals surface area contributed by atoms with Crippen molar-refractivity contribution in [3.8, 4) is 0 Å². The van der Waals surface area contributed by atoms with Gasteiger partial charge in [0.05, 0.1) is 5.01 Å². The second kappa shape index (κ2) is 3.73. The molecule has 1 rings (SSSR count). The molecule has 1 heterocycles. The van der Waals surface area contributed by atoms with Crippen molar-refractivity contribution in [1.29, 1.82) is 0 Å². The van der Waals surface area contributed by atoms with Crippen LogP contribution in [0.5, 0.6) is 0 Å². The molecule has 60 valence electrons. The van der Waals surface area contributed by atoms with Gasteiger partial charge in [-0.25, -0.2) is 9.98 Å². The van der Waals surface area contributed by atoms with Crippen LogP contribution in [0.1, 0.15) is 5.01 Å². The fourth-order valence-corrected chi connectivity index (χ4v) is 1.27. The predicted molar refractivity (Wildman–Crippen MR) is 51.6 cm³/mol. The minimum absolute atomic E-state index is 0.551. The zero-order valence-corrected chi connectivity index (χ0v) is 8.00. The van der Waals surface area contributed by atoms with Crippen molar-refractivity contribution < 1.29 is 0 Å². The maximum absolute atomic E-state index is 5.49. The molecule has 0 aromatic carbocycles. The molecule has 0 aliphatic heterocycles. The molecule has 0 spiro atoms. The predicted octanol–water partition coefficient (Wildman–Crippen LogP) is 1.76. The number of thiazole rings is 1. The minimum atomic E-state index is 0.551. The summed E-state index contributed by atoms with van der Waals surface area (Å²) in [6, 6.07) is 0. The summed E-state index contributed by atoms with van der Waals surface area (Å²) in [5.41, 5.74) is 5.49. The molecular formula is C6H9N3S2. The summed E-state index contributed by atoms with van der Waals surface area (Å²) in [5.74, 6) is 0.708.